The maximum absolute atomic E-state index is 5.81. The summed E-state index contributed by atoms with van der Waals surface area (Å²) in [7, 11) is 3.38. The van der Waals surface area contributed by atoms with Crippen LogP contribution >= 0.6 is 0 Å². The maximum Gasteiger partial charge on any atom is 0.161 e. The topological polar surface area (TPSA) is 27.7 Å². The van der Waals surface area contributed by atoms with Crippen LogP contribution in [0.3, 0.4) is 0 Å². The molecule has 0 spiro atoms. The molecule has 20 heavy (non-hydrogen) atoms. The molecule has 0 fully saturated rings. The molecule has 0 aliphatic carbocycles. The van der Waals surface area contributed by atoms with Gasteiger partial charge in [-0.15, -0.1) is 0 Å². The quantitative estimate of drug-likeness (QED) is 0.641. The fourth-order valence-electron chi connectivity index (χ4n) is 1.95. The van der Waals surface area contributed by atoms with Crippen LogP contribution in [0.5, 0.6) is 11.5 Å². The molecule has 0 heterocycles. The lowest BCUT2D eigenvalue weighted by atomic mass is 9.91. The fourth-order valence-corrected chi connectivity index (χ4v) is 1.95. The Balaban J connectivity index is 2.69. The van der Waals surface area contributed by atoms with Crippen LogP contribution < -0.4 is 9.47 Å². The van der Waals surface area contributed by atoms with Crippen LogP contribution in [0.2, 0.25) is 0 Å². The molecular weight excluding hydrogens is 252 g/mol. The van der Waals surface area contributed by atoms with Crippen LogP contribution in [-0.2, 0) is 11.2 Å². The SMILES string of the molecule is COCCCOc1cc(CC(C)C(C)C)ccc1OC. The van der Waals surface area contributed by atoms with Crippen molar-refractivity contribution < 1.29 is 14.2 Å². The molecule has 0 bridgehead atoms. The molecule has 0 aromatic heterocycles. The Morgan fingerprint density at radius 1 is 1.00 bits per heavy atom. The third-order valence-corrected chi connectivity index (χ3v) is 3.67. The highest BCUT2D eigenvalue weighted by Gasteiger charge is 2.11. The van der Waals surface area contributed by atoms with E-state index in [0.29, 0.717) is 25.0 Å². The molecule has 0 N–H and O–H groups in total. The van der Waals surface area contributed by atoms with Crippen molar-refractivity contribution in [3.05, 3.63) is 23.8 Å². The summed E-state index contributed by atoms with van der Waals surface area (Å²) in [5.41, 5.74) is 1.30. The maximum atomic E-state index is 5.81. The second-order valence-electron chi connectivity index (χ2n) is 5.61. The molecule has 0 amide bonds. The van der Waals surface area contributed by atoms with Gasteiger partial charge in [-0.05, 0) is 36.0 Å². The lowest BCUT2D eigenvalue weighted by molar-refractivity contribution is 0.170. The van der Waals surface area contributed by atoms with Crippen LogP contribution in [0, 0.1) is 11.8 Å². The first-order valence-corrected chi connectivity index (χ1v) is 7.37. The predicted molar refractivity (Wildman–Crippen MR) is 82.7 cm³/mol. The Morgan fingerprint density at radius 2 is 1.75 bits per heavy atom. The van der Waals surface area contributed by atoms with Crippen LogP contribution in [0.4, 0.5) is 0 Å². The Bertz CT molecular complexity index is 388. The van der Waals surface area contributed by atoms with Gasteiger partial charge in [0.15, 0.2) is 11.5 Å². The summed E-state index contributed by atoms with van der Waals surface area (Å²) in [6.07, 6.45) is 1.95. The van der Waals surface area contributed by atoms with Gasteiger partial charge in [0.1, 0.15) is 0 Å². The summed E-state index contributed by atoms with van der Waals surface area (Å²) in [6, 6.07) is 6.22. The highest BCUT2D eigenvalue weighted by atomic mass is 16.5. The monoisotopic (exact) mass is 280 g/mol. The van der Waals surface area contributed by atoms with Gasteiger partial charge in [-0.3, -0.25) is 0 Å². The molecule has 3 heteroatoms. The normalized spacial score (nSPS) is 12.5. The predicted octanol–water partition coefficient (Wildman–Crippen LogP) is 3.95. The van der Waals surface area contributed by atoms with Crippen LogP contribution in [-0.4, -0.2) is 27.4 Å². The van der Waals surface area contributed by atoms with Gasteiger partial charge in [0.2, 0.25) is 0 Å². The van der Waals surface area contributed by atoms with Crippen LogP contribution in [0.15, 0.2) is 18.2 Å². The lowest BCUT2D eigenvalue weighted by Crippen LogP contribution is -2.08. The Kier molecular flexibility index (Phi) is 7.45. The third kappa shape index (κ3) is 5.41. The van der Waals surface area contributed by atoms with E-state index in [1.54, 1.807) is 14.2 Å². The minimum absolute atomic E-state index is 0.646. The summed E-state index contributed by atoms with van der Waals surface area (Å²) in [5, 5.41) is 0. The van der Waals surface area contributed by atoms with E-state index in [1.165, 1.54) is 5.56 Å². The van der Waals surface area contributed by atoms with E-state index in [1.807, 2.05) is 6.07 Å². The number of hydrogen-bond acceptors (Lipinski definition) is 3. The van der Waals surface area contributed by atoms with E-state index in [2.05, 4.69) is 32.9 Å². The Hall–Kier alpha value is -1.22. The molecule has 0 aliphatic heterocycles. The van der Waals surface area contributed by atoms with Crippen molar-refractivity contribution in [1.29, 1.82) is 0 Å². The molecule has 0 aliphatic rings. The van der Waals surface area contributed by atoms with Crippen molar-refractivity contribution in [3.63, 3.8) is 0 Å². The molecule has 0 saturated carbocycles. The van der Waals surface area contributed by atoms with Crippen molar-refractivity contribution in [3.8, 4) is 11.5 Å². The average Bonchev–Trinajstić information content (AvgIpc) is 2.43. The van der Waals surface area contributed by atoms with E-state index in [-0.39, 0.29) is 0 Å². The number of hydrogen-bond donors (Lipinski definition) is 0. The molecule has 0 radical (unpaired) electrons. The molecule has 1 rings (SSSR count). The van der Waals surface area contributed by atoms with E-state index >= 15 is 0 Å². The summed E-state index contributed by atoms with van der Waals surface area (Å²) in [4.78, 5) is 0. The van der Waals surface area contributed by atoms with Gasteiger partial charge in [0.05, 0.1) is 13.7 Å². The number of ether oxygens (including phenoxy) is 3. The van der Waals surface area contributed by atoms with E-state index < -0.39 is 0 Å². The number of methoxy groups -OCH3 is 2. The van der Waals surface area contributed by atoms with Gasteiger partial charge in [-0.1, -0.05) is 26.8 Å². The molecule has 1 aromatic rings. The van der Waals surface area contributed by atoms with Crippen LogP contribution in [0.1, 0.15) is 32.8 Å². The molecule has 1 aromatic carbocycles. The zero-order chi connectivity index (χ0) is 15.0. The Morgan fingerprint density at radius 3 is 2.35 bits per heavy atom. The molecular formula is C17H28O3. The van der Waals surface area contributed by atoms with Gasteiger partial charge in [0.25, 0.3) is 0 Å². The van der Waals surface area contributed by atoms with Gasteiger partial charge in [-0.25, -0.2) is 0 Å². The second kappa shape index (κ2) is 8.85. The van der Waals surface area contributed by atoms with E-state index in [9.17, 15) is 0 Å². The van der Waals surface area contributed by atoms with E-state index in [0.717, 1.165) is 24.3 Å². The molecule has 1 atom stereocenters. The molecule has 3 nitrogen and oxygen atoms in total. The van der Waals surface area contributed by atoms with Gasteiger partial charge >= 0.3 is 0 Å². The third-order valence-electron chi connectivity index (χ3n) is 3.67. The highest BCUT2D eigenvalue weighted by Crippen LogP contribution is 2.29. The minimum atomic E-state index is 0.646. The van der Waals surface area contributed by atoms with Crippen molar-refractivity contribution >= 4 is 0 Å². The first-order chi connectivity index (χ1) is 9.58. The Labute approximate surface area is 123 Å². The van der Waals surface area contributed by atoms with Crippen molar-refractivity contribution in [1.82, 2.24) is 0 Å². The smallest absolute Gasteiger partial charge is 0.161 e. The molecule has 0 saturated heterocycles. The fraction of sp³-hybridized carbons (Fsp3) is 0.647. The van der Waals surface area contributed by atoms with Crippen LogP contribution in [0.25, 0.3) is 0 Å². The van der Waals surface area contributed by atoms with Crippen molar-refractivity contribution in [2.45, 2.75) is 33.6 Å². The lowest BCUT2D eigenvalue weighted by Gasteiger charge is -2.17. The highest BCUT2D eigenvalue weighted by molar-refractivity contribution is 5.43. The second-order valence-corrected chi connectivity index (χ2v) is 5.61. The van der Waals surface area contributed by atoms with E-state index in [4.69, 9.17) is 14.2 Å². The van der Waals surface area contributed by atoms with Gasteiger partial charge in [0, 0.05) is 20.1 Å². The van der Waals surface area contributed by atoms with Crippen molar-refractivity contribution in [2.75, 3.05) is 27.4 Å². The summed E-state index contributed by atoms with van der Waals surface area (Å²) in [6.45, 7) is 8.17. The zero-order valence-corrected chi connectivity index (χ0v) is 13.4. The molecule has 114 valence electrons. The first-order valence-electron chi connectivity index (χ1n) is 7.37. The van der Waals surface area contributed by atoms with Gasteiger partial charge in [-0.2, -0.15) is 0 Å². The number of rotatable bonds is 9. The largest absolute Gasteiger partial charge is 0.493 e. The average molecular weight is 280 g/mol. The van der Waals surface area contributed by atoms with Crippen molar-refractivity contribution in [2.24, 2.45) is 11.8 Å². The zero-order valence-electron chi connectivity index (χ0n) is 13.4. The first kappa shape index (κ1) is 16.8. The summed E-state index contributed by atoms with van der Waals surface area (Å²) in [5.74, 6) is 2.97. The number of benzene rings is 1. The summed E-state index contributed by atoms with van der Waals surface area (Å²) >= 11 is 0. The van der Waals surface area contributed by atoms with Gasteiger partial charge < -0.3 is 14.2 Å². The summed E-state index contributed by atoms with van der Waals surface area (Å²) < 4.78 is 16.2. The minimum Gasteiger partial charge on any atom is -0.493 e. The standard InChI is InChI=1S/C17H28O3/c1-13(2)14(3)11-15-7-8-16(19-5)17(12-15)20-10-6-9-18-4/h7-8,12-14H,6,9-11H2,1-5H3. The molecule has 1 unspecified atom stereocenters.